The van der Waals surface area contributed by atoms with E-state index in [1.165, 1.54) is 148 Å². The van der Waals surface area contributed by atoms with Crippen LogP contribution in [0.2, 0.25) is 0 Å². The van der Waals surface area contributed by atoms with Crippen LogP contribution >= 0.6 is 7.82 Å². The van der Waals surface area contributed by atoms with Crippen LogP contribution in [0.15, 0.2) is 0 Å². The van der Waals surface area contributed by atoms with Gasteiger partial charge in [-0.1, -0.05) is 194 Å². The van der Waals surface area contributed by atoms with Crippen LogP contribution in [-0.2, 0) is 32.7 Å². The summed E-state index contributed by atoms with van der Waals surface area (Å²) in [7, 11) is -4.36. The molecule has 3 N–H and O–H groups in total. The summed E-state index contributed by atoms with van der Waals surface area (Å²) in [4.78, 5) is 34.6. The molecule has 2 atom stereocenters. The van der Waals surface area contributed by atoms with Crippen LogP contribution in [0.1, 0.15) is 219 Å². The third-order valence-corrected chi connectivity index (χ3v) is 10.5. The number of carbonyl (C=O) groups excluding carboxylic acids is 2. The Balaban J connectivity index is 3.88. The lowest BCUT2D eigenvalue weighted by atomic mass is 10.0. The first kappa shape index (κ1) is 50.0. The molecular weight excluding hydrogens is 665 g/mol. The van der Waals surface area contributed by atoms with Gasteiger partial charge in [0.25, 0.3) is 0 Å². The van der Waals surface area contributed by atoms with Gasteiger partial charge in [0.1, 0.15) is 6.61 Å². The van der Waals surface area contributed by atoms with Crippen LogP contribution < -0.4 is 5.73 Å². The number of nitrogens with two attached hydrogens (primary N) is 1. The molecular formula is C41H82NO8P. The zero-order valence-corrected chi connectivity index (χ0v) is 34.3. The first-order valence-corrected chi connectivity index (χ1v) is 23.0. The Bertz CT molecular complexity index is 815. The third kappa shape index (κ3) is 38.5. The number of esters is 2. The normalized spacial score (nSPS) is 13.3. The van der Waals surface area contributed by atoms with Crippen LogP contribution in [0.5, 0.6) is 0 Å². The zero-order chi connectivity index (χ0) is 37.5. The van der Waals surface area contributed by atoms with Gasteiger partial charge in [-0.2, -0.15) is 0 Å². The predicted octanol–water partition coefficient (Wildman–Crippen LogP) is 12.1. The molecule has 0 spiro atoms. The number of hydrogen-bond donors (Lipinski definition) is 2. The number of ether oxygens (including phenoxy) is 2. The monoisotopic (exact) mass is 748 g/mol. The lowest BCUT2D eigenvalue weighted by molar-refractivity contribution is -0.161. The highest BCUT2D eigenvalue weighted by Crippen LogP contribution is 2.43. The van der Waals surface area contributed by atoms with E-state index >= 15 is 0 Å². The molecule has 0 aromatic rings. The molecule has 51 heavy (non-hydrogen) atoms. The van der Waals surface area contributed by atoms with Crippen molar-refractivity contribution in [1.29, 1.82) is 0 Å². The highest BCUT2D eigenvalue weighted by atomic mass is 31.2. The molecule has 0 amide bonds. The van der Waals surface area contributed by atoms with Crippen molar-refractivity contribution in [2.45, 2.75) is 225 Å². The van der Waals surface area contributed by atoms with Gasteiger partial charge in [0, 0.05) is 19.4 Å². The molecule has 0 saturated carbocycles. The Labute approximate surface area is 314 Å². The van der Waals surface area contributed by atoms with Crippen molar-refractivity contribution in [3.8, 4) is 0 Å². The van der Waals surface area contributed by atoms with Gasteiger partial charge in [-0.15, -0.1) is 0 Å². The standard InChI is InChI=1S/C41H82NO8P/c1-3-5-7-9-11-12-13-14-15-16-17-18-19-20-21-22-23-24-25-26-28-29-31-33-40(43)47-37-39(38-49-51(45,46)48-36-35-42)50-41(44)34-32-30-27-10-8-6-4-2/h39H,3-38,42H2,1-2H3,(H,45,46)/t39-/m0/s1. The number of rotatable bonds is 41. The fraction of sp³-hybridized carbons (Fsp3) is 0.951. The third-order valence-electron chi connectivity index (χ3n) is 9.49. The molecule has 0 aliphatic rings. The average molecular weight is 748 g/mol. The maximum absolute atomic E-state index is 12.4. The van der Waals surface area contributed by atoms with Crippen molar-refractivity contribution in [3.05, 3.63) is 0 Å². The quantitative estimate of drug-likeness (QED) is 0.0356. The van der Waals surface area contributed by atoms with Crippen LogP contribution in [0.25, 0.3) is 0 Å². The van der Waals surface area contributed by atoms with Gasteiger partial charge in [-0.25, -0.2) is 4.57 Å². The highest BCUT2D eigenvalue weighted by Gasteiger charge is 2.26. The van der Waals surface area contributed by atoms with Crippen LogP contribution in [0.3, 0.4) is 0 Å². The van der Waals surface area contributed by atoms with Gasteiger partial charge >= 0.3 is 19.8 Å². The first-order valence-electron chi connectivity index (χ1n) is 21.5. The van der Waals surface area contributed by atoms with E-state index in [1.807, 2.05) is 0 Å². The summed E-state index contributed by atoms with van der Waals surface area (Å²) in [6.07, 6.45) is 37.4. The summed E-state index contributed by atoms with van der Waals surface area (Å²) in [5.74, 6) is -0.822. The van der Waals surface area contributed by atoms with Crippen LogP contribution in [0.4, 0.5) is 0 Å². The van der Waals surface area contributed by atoms with Gasteiger partial charge in [0.2, 0.25) is 0 Å². The Kier molecular flexibility index (Phi) is 38.0. The molecule has 10 heteroatoms. The van der Waals surface area contributed by atoms with E-state index < -0.39 is 26.5 Å². The molecule has 0 rings (SSSR count). The number of carbonyl (C=O) groups is 2. The van der Waals surface area contributed by atoms with Gasteiger partial charge in [-0.05, 0) is 12.8 Å². The molecule has 0 saturated heterocycles. The molecule has 0 bridgehead atoms. The van der Waals surface area contributed by atoms with E-state index in [2.05, 4.69) is 13.8 Å². The maximum atomic E-state index is 12.4. The molecule has 304 valence electrons. The van der Waals surface area contributed by atoms with Crippen molar-refractivity contribution in [2.24, 2.45) is 5.73 Å². The summed E-state index contributed by atoms with van der Waals surface area (Å²) in [6.45, 7) is 3.71. The van der Waals surface area contributed by atoms with E-state index in [9.17, 15) is 19.0 Å². The average Bonchev–Trinajstić information content (AvgIpc) is 3.11. The second-order valence-corrected chi connectivity index (χ2v) is 16.0. The Hall–Kier alpha value is -0.990. The summed E-state index contributed by atoms with van der Waals surface area (Å²) in [5, 5.41) is 0. The van der Waals surface area contributed by atoms with Gasteiger partial charge in [-0.3, -0.25) is 18.6 Å². The minimum atomic E-state index is -4.36. The SMILES string of the molecule is CCCCCCCCCCCCCCCCCCCCCCCCCC(=O)OC[C@@H](COP(=O)(O)OCCN)OC(=O)CCCCCCCCC. The van der Waals surface area contributed by atoms with Crippen molar-refractivity contribution >= 4 is 19.8 Å². The van der Waals surface area contributed by atoms with E-state index in [-0.39, 0.29) is 38.6 Å². The number of phosphoric acid groups is 1. The van der Waals surface area contributed by atoms with Crippen molar-refractivity contribution in [3.63, 3.8) is 0 Å². The Morgan fingerprint density at radius 1 is 0.510 bits per heavy atom. The molecule has 0 aliphatic carbocycles. The highest BCUT2D eigenvalue weighted by molar-refractivity contribution is 7.47. The number of unbranched alkanes of at least 4 members (excludes halogenated alkanes) is 28. The van der Waals surface area contributed by atoms with Crippen LogP contribution in [-0.4, -0.2) is 49.3 Å². The molecule has 0 aromatic carbocycles. The largest absolute Gasteiger partial charge is 0.472 e. The molecule has 0 aromatic heterocycles. The Morgan fingerprint density at radius 2 is 0.843 bits per heavy atom. The lowest BCUT2D eigenvalue weighted by Gasteiger charge is -2.19. The summed E-state index contributed by atoms with van der Waals surface area (Å²) < 4.78 is 32.6. The molecule has 1 unspecified atom stereocenters. The molecule has 0 heterocycles. The van der Waals surface area contributed by atoms with Crippen molar-refractivity contribution in [2.75, 3.05) is 26.4 Å². The fourth-order valence-electron chi connectivity index (χ4n) is 6.28. The van der Waals surface area contributed by atoms with Gasteiger partial charge < -0.3 is 20.1 Å². The molecule has 0 radical (unpaired) electrons. The van der Waals surface area contributed by atoms with Gasteiger partial charge in [0.05, 0.1) is 13.2 Å². The van der Waals surface area contributed by atoms with E-state index in [0.717, 1.165) is 38.5 Å². The van der Waals surface area contributed by atoms with Crippen molar-refractivity contribution < 1.29 is 37.6 Å². The van der Waals surface area contributed by atoms with Gasteiger partial charge in [0.15, 0.2) is 6.10 Å². The summed E-state index contributed by atoms with van der Waals surface area (Å²) in [6, 6.07) is 0. The zero-order valence-electron chi connectivity index (χ0n) is 33.4. The number of phosphoric ester groups is 1. The second kappa shape index (κ2) is 38.7. The maximum Gasteiger partial charge on any atom is 0.472 e. The topological polar surface area (TPSA) is 134 Å². The van der Waals surface area contributed by atoms with Crippen LogP contribution in [0, 0.1) is 0 Å². The fourth-order valence-corrected chi connectivity index (χ4v) is 7.05. The second-order valence-electron chi connectivity index (χ2n) is 14.6. The van der Waals surface area contributed by atoms with Crippen molar-refractivity contribution in [1.82, 2.24) is 0 Å². The summed E-state index contributed by atoms with van der Waals surface area (Å²) in [5.41, 5.74) is 5.33. The minimum absolute atomic E-state index is 0.0575. The summed E-state index contributed by atoms with van der Waals surface area (Å²) >= 11 is 0. The smallest absolute Gasteiger partial charge is 0.462 e. The predicted molar refractivity (Wildman–Crippen MR) is 211 cm³/mol. The molecule has 0 aliphatic heterocycles. The lowest BCUT2D eigenvalue weighted by Crippen LogP contribution is -2.29. The first-order chi connectivity index (χ1) is 24.8. The molecule has 9 nitrogen and oxygen atoms in total. The Morgan fingerprint density at radius 3 is 1.20 bits per heavy atom. The van der Waals surface area contributed by atoms with E-state index in [0.29, 0.717) is 6.42 Å². The molecule has 0 fully saturated rings. The van der Waals surface area contributed by atoms with E-state index in [1.54, 1.807) is 0 Å². The number of hydrogen-bond acceptors (Lipinski definition) is 8. The minimum Gasteiger partial charge on any atom is -0.462 e. The van der Waals surface area contributed by atoms with E-state index in [4.69, 9.17) is 24.3 Å².